The summed E-state index contributed by atoms with van der Waals surface area (Å²) in [5, 5.41) is 0. The Morgan fingerprint density at radius 2 is 2.26 bits per heavy atom. The molecule has 2 rings (SSSR count). The second-order valence-electron chi connectivity index (χ2n) is 5.60. The molecule has 1 aromatic rings. The fourth-order valence-electron chi connectivity index (χ4n) is 2.69. The van der Waals surface area contributed by atoms with Gasteiger partial charge in [-0.1, -0.05) is 6.07 Å². The fraction of sp³-hybridized carbons (Fsp3) is 0.533. The maximum Gasteiger partial charge on any atom is 0.253 e. The van der Waals surface area contributed by atoms with E-state index in [0.717, 1.165) is 35.7 Å². The Kier molecular flexibility index (Phi) is 4.53. The lowest BCUT2D eigenvalue weighted by Crippen LogP contribution is -2.33. The quantitative estimate of drug-likeness (QED) is 0.858. The van der Waals surface area contributed by atoms with Crippen molar-refractivity contribution in [2.24, 2.45) is 5.92 Å². The third-order valence-corrected chi connectivity index (χ3v) is 4.10. The molecule has 0 aromatic heterocycles. The number of rotatable bonds is 3. The lowest BCUT2D eigenvalue weighted by atomic mass is 10.1. The predicted molar refractivity (Wildman–Crippen MR) is 81.0 cm³/mol. The van der Waals surface area contributed by atoms with Gasteiger partial charge in [0.05, 0.1) is 0 Å². The van der Waals surface area contributed by atoms with E-state index in [1.54, 1.807) is 0 Å². The average molecular weight is 278 g/mol. The summed E-state index contributed by atoms with van der Waals surface area (Å²) in [6, 6.07) is 5.73. The second kappa shape index (κ2) is 5.97. The first kappa shape index (κ1) is 14.4. The van der Waals surface area contributed by atoms with E-state index >= 15 is 0 Å². The minimum Gasteiger partial charge on any atom is -0.341 e. The van der Waals surface area contributed by atoms with Crippen LogP contribution >= 0.6 is 12.6 Å². The van der Waals surface area contributed by atoms with Crippen molar-refractivity contribution < 1.29 is 4.79 Å². The number of nitrogens with zero attached hydrogens (tertiary/aromatic N) is 2. The lowest BCUT2D eigenvalue weighted by molar-refractivity contribution is 0.0773. The summed E-state index contributed by atoms with van der Waals surface area (Å²) in [6.45, 7) is 5.03. The van der Waals surface area contributed by atoms with Crippen LogP contribution in [-0.4, -0.2) is 49.4 Å². The molecular formula is C15H22N2OS. The lowest BCUT2D eigenvalue weighted by Gasteiger charge is -2.22. The first-order valence-corrected chi connectivity index (χ1v) is 7.15. The number of hydrogen-bond donors (Lipinski definition) is 1. The zero-order valence-electron chi connectivity index (χ0n) is 11.9. The number of benzene rings is 1. The molecule has 0 bridgehead atoms. The zero-order chi connectivity index (χ0) is 14.0. The van der Waals surface area contributed by atoms with Crippen LogP contribution in [0, 0.1) is 12.8 Å². The van der Waals surface area contributed by atoms with Gasteiger partial charge in [0.1, 0.15) is 0 Å². The molecule has 1 aliphatic heterocycles. The average Bonchev–Trinajstić information content (AvgIpc) is 2.77. The fourth-order valence-corrected chi connectivity index (χ4v) is 2.90. The van der Waals surface area contributed by atoms with Crippen molar-refractivity contribution in [2.45, 2.75) is 18.2 Å². The van der Waals surface area contributed by atoms with Crippen LogP contribution in [0.3, 0.4) is 0 Å². The Hall–Kier alpha value is -1.00. The van der Waals surface area contributed by atoms with Crippen LogP contribution in [0.2, 0.25) is 0 Å². The van der Waals surface area contributed by atoms with Crippen molar-refractivity contribution >= 4 is 18.5 Å². The van der Waals surface area contributed by atoms with Gasteiger partial charge in [-0.2, -0.15) is 0 Å². The zero-order valence-corrected chi connectivity index (χ0v) is 12.8. The Bertz CT molecular complexity index is 475. The van der Waals surface area contributed by atoms with Crippen molar-refractivity contribution in [3.8, 4) is 0 Å². The molecule has 1 atom stereocenters. The highest BCUT2D eigenvalue weighted by atomic mass is 32.1. The number of hydrogen-bond acceptors (Lipinski definition) is 3. The molecule has 19 heavy (non-hydrogen) atoms. The molecule has 0 aliphatic carbocycles. The Balaban J connectivity index is 2.04. The van der Waals surface area contributed by atoms with Crippen molar-refractivity contribution in [1.82, 2.24) is 9.80 Å². The van der Waals surface area contributed by atoms with Crippen LogP contribution < -0.4 is 0 Å². The number of aryl methyl sites for hydroxylation is 1. The third-order valence-electron chi connectivity index (χ3n) is 3.82. The van der Waals surface area contributed by atoms with E-state index < -0.39 is 0 Å². The summed E-state index contributed by atoms with van der Waals surface area (Å²) in [5.74, 6) is 0.696. The summed E-state index contributed by atoms with van der Waals surface area (Å²) in [4.78, 5) is 17.5. The van der Waals surface area contributed by atoms with Gasteiger partial charge in [0.2, 0.25) is 0 Å². The van der Waals surface area contributed by atoms with E-state index in [1.807, 2.05) is 37.1 Å². The monoisotopic (exact) mass is 278 g/mol. The van der Waals surface area contributed by atoms with Crippen LogP contribution in [0.5, 0.6) is 0 Å². The van der Waals surface area contributed by atoms with Crippen molar-refractivity contribution in [2.75, 3.05) is 33.7 Å². The maximum absolute atomic E-state index is 12.5. The van der Waals surface area contributed by atoms with Crippen LogP contribution in [0.1, 0.15) is 22.3 Å². The summed E-state index contributed by atoms with van der Waals surface area (Å²) in [6.07, 6.45) is 1.18. The van der Waals surface area contributed by atoms with Gasteiger partial charge in [-0.25, -0.2) is 0 Å². The molecule has 0 radical (unpaired) electrons. The van der Waals surface area contributed by atoms with E-state index in [1.165, 1.54) is 6.42 Å². The topological polar surface area (TPSA) is 23.6 Å². The Morgan fingerprint density at radius 3 is 2.89 bits per heavy atom. The minimum atomic E-state index is 0.1000. The predicted octanol–water partition coefficient (Wildman–Crippen LogP) is 2.31. The molecule has 1 unspecified atom stereocenters. The molecule has 1 aromatic carbocycles. The summed E-state index contributed by atoms with van der Waals surface area (Å²) in [5.41, 5.74) is 1.78. The van der Waals surface area contributed by atoms with Gasteiger partial charge in [-0.15, -0.1) is 12.6 Å². The van der Waals surface area contributed by atoms with Crippen molar-refractivity contribution in [1.29, 1.82) is 0 Å². The Labute approximate surface area is 121 Å². The first-order valence-electron chi connectivity index (χ1n) is 6.71. The molecule has 0 saturated carbocycles. The van der Waals surface area contributed by atoms with Gasteiger partial charge < -0.3 is 9.80 Å². The number of amides is 1. The molecule has 1 amide bonds. The van der Waals surface area contributed by atoms with Gasteiger partial charge >= 0.3 is 0 Å². The van der Waals surface area contributed by atoms with Crippen molar-refractivity contribution in [3.63, 3.8) is 0 Å². The highest BCUT2D eigenvalue weighted by molar-refractivity contribution is 7.80. The van der Waals surface area contributed by atoms with Crippen molar-refractivity contribution in [3.05, 3.63) is 29.3 Å². The smallest absolute Gasteiger partial charge is 0.253 e. The largest absolute Gasteiger partial charge is 0.341 e. The number of thiol groups is 1. The third kappa shape index (κ3) is 3.51. The van der Waals surface area contributed by atoms with E-state index in [4.69, 9.17) is 0 Å². The molecule has 1 saturated heterocycles. The highest BCUT2D eigenvalue weighted by Gasteiger charge is 2.23. The van der Waals surface area contributed by atoms with Crippen LogP contribution in [0.25, 0.3) is 0 Å². The van der Waals surface area contributed by atoms with Crippen LogP contribution in [0.15, 0.2) is 23.1 Å². The molecule has 104 valence electrons. The van der Waals surface area contributed by atoms with Crippen LogP contribution in [-0.2, 0) is 0 Å². The number of likely N-dealkylation sites (tertiary alicyclic amines) is 1. The van der Waals surface area contributed by atoms with E-state index in [9.17, 15) is 4.79 Å². The second-order valence-corrected chi connectivity index (χ2v) is 6.12. The normalized spacial score (nSPS) is 19.7. The molecule has 3 nitrogen and oxygen atoms in total. The van der Waals surface area contributed by atoms with Gasteiger partial charge in [0, 0.05) is 30.6 Å². The summed E-state index contributed by atoms with van der Waals surface area (Å²) >= 11 is 4.32. The highest BCUT2D eigenvalue weighted by Crippen LogP contribution is 2.19. The number of carbonyl (C=O) groups excluding carboxylic acids is 1. The molecule has 1 aliphatic rings. The van der Waals surface area contributed by atoms with Gasteiger partial charge in [0.25, 0.3) is 5.91 Å². The standard InChI is InChI=1S/C15H22N2OS/c1-11-4-5-13(19)8-14(11)15(18)17(3)10-12-6-7-16(2)9-12/h4-5,8,12,19H,6-7,9-10H2,1-3H3. The maximum atomic E-state index is 12.5. The molecule has 0 spiro atoms. The first-order chi connectivity index (χ1) is 8.97. The summed E-state index contributed by atoms with van der Waals surface area (Å²) in [7, 11) is 4.03. The summed E-state index contributed by atoms with van der Waals surface area (Å²) < 4.78 is 0. The van der Waals surface area contributed by atoms with E-state index in [2.05, 4.69) is 24.6 Å². The number of carbonyl (C=O) groups is 1. The molecular weight excluding hydrogens is 256 g/mol. The Morgan fingerprint density at radius 1 is 1.53 bits per heavy atom. The van der Waals surface area contributed by atoms with E-state index in [0.29, 0.717) is 5.92 Å². The van der Waals surface area contributed by atoms with Gasteiger partial charge in [-0.3, -0.25) is 4.79 Å². The van der Waals surface area contributed by atoms with E-state index in [-0.39, 0.29) is 5.91 Å². The molecule has 0 N–H and O–H groups in total. The molecule has 1 fully saturated rings. The SMILES string of the molecule is Cc1ccc(S)cc1C(=O)N(C)CC1CCN(C)C1. The molecule has 1 heterocycles. The van der Waals surface area contributed by atoms with Crippen LogP contribution in [0.4, 0.5) is 0 Å². The molecule has 4 heteroatoms. The van der Waals surface area contributed by atoms with Gasteiger partial charge in [0.15, 0.2) is 0 Å². The van der Waals surface area contributed by atoms with Gasteiger partial charge in [-0.05, 0) is 50.6 Å². The minimum absolute atomic E-state index is 0.1000.